The summed E-state index contributed by atoms with van der Waals surface area (Å²) in [5.41, 5.74) is 1.15. The maximum absolute atomic E-state index is 6.29. The Bertz CT molecular complexity index is 840. The molecule has 2 aromatic heterocycles. The van der Waals surface area contributed by atoms with E-state index in [2.05, 4.69) is 35.8 Å². The third kappa shape index (κ3) is 5.88. The first-order chi connectivity index (χ1) is 14.2. The summed E-state index contributed by atoms with van der Waals surface area (Å²) in [7, 11) is 1.81. The van der Waals surface area contributed by atoms with Crippen LogP contribution in [0.5, 0.6) is 0 Å². The van der Waals surface area contributed by atoms with Crippen LogP contribution in [0.1, 0.15) is 25.0 Å². The van der Waals surface area contributed by atoms with Crippen LogP contribution in [0.2, 0.25) is 5.02 Å². The third-order valence-electron chi connectivity index (χ3n) is 5.38. The predicted molar refractivity (Wildman–Crippen MR) is 137 cm³/mol. The van der Waals surface area contributed by atoms with Gasteiger partial charge in [0.25, 0.3) is 0 Å². The molecule has 4 heterocycles. The number of thiazole rings is 1. The number of anilines is 2. The van der Waals surface area contributed by atoms with Crippen molar-refractivity contribution >= 4 is 63.8 Å². The molecule has 0 amide bonds. The number of guanidine groups is 1. The van der Waals surface area contributed by atoms with E-state index in [1.807, 2.05) is 19.2 Å². The fraction of sp³-hybridized carbons (Fsp3) is 0.550. The lowest BCUT2D eigenvalue weighted by atomic mass is 10.3. The maximum Gasteiger partial charge on any atom is 0.191 e. The molecule has 2 aliphatic rings. The first kappa shape index (κ1) is 23.3. The van der Waals surface area contributed by atoms with E-state index in [0.29, 0.717) is 11.1 Å². The molecule has 2 aromatic rings. The Morgan fingerprint density at radius 1 is 1.30 bits per heavy atom. The molecule has 164 valence electrons. The zero-order chi connectivity index (χ0) is 20.1. The summed E-state index contributed by atoms with van der Waals surface area (Å²) in [4.78, 5) is 18.2. The summed E-state index contributed by atoms with van der Waals surface area (Å²) in [5.74, 6) is 1.69. The molecular formula is C20H29ClIN7S. The van der Waals surface area contributed by atoms with E-state index >= 15 is 0 Å². The van der Waals surface area contributed by atoms with Crippen molar-refractivity contribution in [2.75, 3.05) is 49.6 Å². The van der Waals surface area contributed by atoms with Crippen LogP contribution in [0.25, 0.3) is 0 Å². The van der Waals surface area contributed by atoms with E-state index in [1.165, 1.54) is 18.0 Å². The smallest absolute Gasteiger partial charge is 0.191 e. The van der Waals surface area contributed by atoms with Gasteiger partial charge in [0.1, 0.15) is 5.82 Å². The van der Waals surface area contributed by atoms with Gasteiger partial charge >= 0.3 is 0 Å². The van der Waals surface area contributed by atoms with Gasteiger partial charge in [-0.05, 0) is 31.4 Å². The van der Waals surface area contributed by atoms with Crippen molar-refractivity contribution < 1.29 is 0 Å². The summed E-state index contributed by atoms with van der Waals surface area (Å²) in [6.45, 7) is 4.89. The Morgan fingerprint density at radius 3 is 2.90 bits per heavy atom. The monoisotopic (exact) mass is 561 g/mol. The number of nitrogens with one attached hydrogen (secondary N) is 2. The summed E-state index contributed by atoms with van der Waals surface area (Å²) in [6.07, 6.45) is 6.27. The number of aliphatic imine (C=N–C) groups is 1. The van der Waals surface area contributed by atoms with Gasteiger partial charge in [-0.15, -0.1) is 35.3 Å². The lowest BCUT2D eigenvalue weighted by Gasteiger charge is -2.20. The second-order valence-electron chi connectivity index (χ2n) is 7.45. The highest BCUT2D eigenvalue weighted by atomic mass is 127. The van der Waals surface area contributed by atoms with E-state index in [4.69, 9.17) is 16.6 Å². The van der Waals surface area contributed by atoms with Gasteiger partial charge < -0.3 is 20.4 Å². The molecule has 0 spiro atoms. The van der Waals surface area contributed by atoms with Crippen LogP contribution >= 0.6 is 46.9 Å². The van der Waals surface area contributed by atoms with E-state index in [0.717, 1.165) is 63.0 Å². The Kier molecular flexibility index (Phi) is 8.82. The molecule has 30 heavy (non-hydrogen) atoms. The molecule has 4 rings (SSSR count). The van der Waals surface area contributed by atoms with Gasteiger partial charge in [0.05, 0.1) is 10.7 Å². The molecule has 0 radical (unpaired) electrons. The Labute approximate surface area is 204 Å². The first-order valence-electron chi connectivity index (χ1n) is 10.2. The second kappa shape index (κ2) is 11.3. The average Bonchev–Trinajstić information content (AvgIpc) is 3.49. The van der Waals surface area contributed by atoms with Gasteiger partial charge in [-0.3, -0.25) is 4.99 Å². The fourth-order valence-corrected chi connectivity index (χ4v) is 5.00. The van der Waals surface area contributed by atoms with Crippen molar-refractivity contribution in [1.29, 1.82) is 0 Å². The molecule has 2 aliphatic heterocycles. The van der Waals surface area contributed by atoms with Crippen LogP contribution in [0.4, 0.5) is 10.9 Å². The second-order valence-corrected chi connectivity index (χ2v) is 8.69. The quantitative estimate of drug-likeness (QED) is 0.320. The molecule has 0 aliphatic carbocycles. The molecule has 0 aromatic carbocycles. The highest BCUT2D eigenvalue weighted by Gasteiger charge is 2.25. The topological polar surface area (TPSA) is 68.7 Å². The fourth-order valence-electron chi connectivity index (χ4n) is 3.84. The number of nitrogens with zero attached hydrogens (tertiary/aromatic N) is 5. The number of aromatic nitrogens is 2. The number of halogens is 2. The lowest BCUT2D eigenvalue weighted by Crippen LogP contribution is -2.45. The van der Waals surface area contributed by atoms with Crippen LogP contribution in [0.3, 0.4) is 0 Å². The molecule has 2 fully saturated rings. The highest BCUT2D eigenvalue weighted by Crippen LogP contribution is 2.26. The zero-order valence-corrected chi connectivity index (χ0v) is 21.1. The number of rotatable bonds is 6. The molecule has 10 heteroatoms. The summed E-state index contributed by atoms with van der Waals surface area (Å²) in [5, 5.41) is 11.0. The molecule has 2 saturated heterocycles. The van der Waals surface area contributed by atoms with Crippen LogP contribution in [0.15, 0.2) is 28.7 Å². The Hall–Kier alpha value is -1.33. The minimum absolute atomic E-state index is 0. The molecule has 1 unspecified atom stereocenters. The summed E-state index contributed by atoms with van der Waals surface area (Å²) >= 11 is 8.04. The molecule has 7 nitrogen and oxygen atoms in total. The van der Waals surface area contributed by atoms with Gasteiger partial charge in [0.15, 0.2) is 11.1 Å². The van der Waals surface area contributed by atoms with Crippen LogP contribution in [-0.2, 0) is 6.42 Å². The van der Waals surface area contributed by atoms with Gasteiger partial charge in [0.2, 0.25) is 0 Å². The van der Waals surface area contributed by atoms with E-state index < -0.39 is 0 Å². The van der Waals surface area contributed by atoms with Crippen molar-refractivity contribution in [1.82, 2.24) is 20.6 Å². The Morgan fingerprint density at radius 2 is 2.13 bits per heavy atom. The number of hydrogen-bond donors (Lipinski definition) is 2. The zero-order valence-electron chi connectivity index (χ0n) is 17.2. The predicted octanol–water partition coefficient (Wildman–Crippen LogP) is 3.40. The number of hydrogen-bond acceptors (Lipinski definition) is 6. The van der Waals surface area contributed by atoms with Gasteiger partial charge in [0, 0.05) is 63.8 Å². The number of pyridine rings is 1. The SMILES string of the molecule is CN=C(NCCc1csc(N2CCCC2)n1)NC1CCN(c2ncccc2Cl)C1.I. The summed E-state index contributed by atoms with van der Waals surface area (Å²) < 4.78 is 0. The van der Waals surface area contributed by atoms with Gasteiger partial charge in [-0.2, -0.15) is 0 Å². The van der Waals surface area contributed by atoms with Crippen molar-refractivity contribution in [2.45, 2.75) is 31.7 Å². The highest BCUT2D eigenvalue weighted by molar-refractivity contribution is 14.0. The normalized spacial score (nSPS) is 19.1. The Balaban J connectivity index is 0.00000256. The molecule has 1 atom stereocenters. The average molecular weight is 562 g/mol. The molecule has 0 saturated carbocycles. The standard InChI is InChI=1S/C20H28ClN7S.HI/c1-22-19(24-9-6-16-14-29-20(26-16)27-10-2-3-11-27)25-15-7-12-28(13-15)18-17(21)5-4-8-23-18;/h4-5,8,14-15H,2-3,6-7,9-13H2,1H3,(H2,22,24,25);1H. The van der Waals surface area contributed by atoms with Gasteiger partial charge in [-0.25, -0.2) is 9.97 Å². The van der Waals surface area contributed by atoms with E-state index in [1.54, 1.807) is 17.5 Å². The minimum Gasteiger partial charge on any atom is -0.356 e. The van der Waals surface area contributed by atoms with Crippen LogP contribution < -0.4 is 20.4 Å². The van der Waals surface area contributed by atoms with Crippen molar-refractivity contribution in [2.24, 2.45) is 4.99 Å². The molecular weight excluding hydrogens is 533 g/mol. The van der Waals surface area contributed by atoms with Gasteiger partial charge in [-0.1, -0.05) is 11.6 Å². The molecule has 2 N–H and O–H groups in total. The van der Waals surface area contributed by atoms with Crippen LogP contribution in [0, 0.1) is 0 Å². The largest absolute Gasteiger partial charge is 0.356 e. The van der Waals surface area contributed by atoms with E-state index in [-0.39, 0.29) is 24.0 Å². The molecule has 0 bridgehead atoms. The minimum atomic E-state index is 0. The lowest BCUT2D eigenvalue weighted by molar-refractivity contribution is 0.647. The van der Waals surface area contributed by atoms with Crippen molar-refractivity contribution in [3.8, 4) is 0 Å². The van der Waals surface area contributed by atoms with E-state index in [9.17, 15) is 0 Å². The third-order valence-corrected chi connectivity index (χ3v) is 6.63. The first-order valence-corrected chi connectivity index (χ1v) is 11.5. The van der Waals surface area contributed by atoms with Crippen molar-refractivity contribution in [3.05, 3.63) is 34.4 Å². The van der Waals surface area contributed by atoms with Crippen molar-refractivity contribution in [3.63, 3.8) is 0 Å². The maximum atomic E-state index is 6.29. The summed E-state index contributed by atoms with van der Waals surface area (Å²) in [6, 6.07) is 4.07. The van der Waals surface area contributed by atoms with Crippen LogP contribution in [-0.4, -0.2) is 61.7 Å².